The van der Waals surface area contributed by atoms with E-state index in [1.807, 2.05) is 0 Å². The zero-order valence-corrected chi connectivity index (χ0v) is 39.9. The van der Waals surface area contributed by atoms with E-state index in [4.69, 9.17) is 9.97 Å². The summed E-state index contributed by atoms with van der Waals surface area (Å²) in [5, 5.41) is 4.63. The normalized spacial score (nSPS) is 12.9. The number of nitrogens with zero attached hydrogens (tertiary/aromatic N) is 2. The van der Waals surface area contributed by atoms with Crippen LogP contribution in [0.1, 0.15) is 22.3 Å². The summed E-state index contributed by atoms with van der Waals surface area (Å²) in [5.41, 5.74) is 24.0. The first-order chi connectivity index (χ1) is 35.1. The Morgan fingerprint density at radius 1 is 0.282 bits per heavy atom. The molecule has 0 radical (unpaired) electrons. The van der Waals surface area contributed by atoms with Gasteiger partial charge in [0.1, 0.15) is 10.0 Å². The minimum Gasteiger partial charge on any atom is -0.236 e. The molecule has 0 N–H and O–H groups in total. The van der Waals surface area contributed by atoms with Crippen LogP contribution < -0.4 is 0 Å². The van der Waals surface area contributed by atoms with Crippen molar-refractivity contribution >= 4 is 53.9 Å². The van der Waals surface area contributed by atoms with Crippen molar-refractivity contribution in [1.82, 2.24) is 9.97 Å². The third-order valence-corrected chi connectivity index (χ3v) is 17.1. The van der Waals surface area contributed by atoms with Crippen molar-refractivity contribution in [3.8, 4) is 87.9 Å². The second-order valence-electron chi connectivity index (χ2n) is 18.8. The lowest BCUT2D eigenvalue weighted by Gasteiger charge is -2.31. The summed E-state index contributed by atoms with van der Waals surface area (Å²) in [5.74, 6) is 0. The topological polar surface area (TPSA) is 25.8 Å². The molecule has 2 heterocycles. The molecule has 0 aliphatic heterocycles. The van der Waals surface area contributed by atoms with Gasteiger partial charge < -0.3 is 0 Å². The van der Waals surface area contributed by atoms with Gasteiger partial charge in [-0.1, -0.05) is 188 Å². The zero-order valence-electron chi connectivity index (χ0n) is 38.3. The molecular weight excluding hydrogens is 897 g/mol. The van der Waals surface area contributed by atoms with E-state index >= 15 is 0 Å². The first-order valence-corrected chi connectivity index (χ1v) is 25.8. The molecule has 2 nitrogen and oxygen atoms in total. The average molecular weight is 937 g/mol. The van der Waals surface area contributed by atoms with E-state index in [1.54, 1.807) is 22.7 Å². The summed E-state index contributed by atoms with van der Waals surface area (Å²) < 4.78 is 2.40. The maximum atomic E-state index is 4.96. The minimum atomic E-state index is -0.441. The number of benzene rings is 11. The Labute approximate surface area is 419 Å². The third kappa shape index (κ3) is 6.25. The van der Waals surface area contributed by atoms with Crippen LogP contribution in [0.15, 0.2) is 243 Å². The van der Waals surface area contributed by atoms with Gasteiger partial charge in [-0.05, 0) is 154 Å². The van der Waals surface area contributed by atoms with E-state index in [1.165, 1.54) is 86.9 Å². The molecule has 0 unspecified atom stereocenters. The molecular formula is C67H40N2S2. The second kappa shape index (κ2) is 15.7. The highest BCUT2D eigenvalue weighted by atomic mass is 32.1. The molecule has 2 aromatic heterocycles. The van der Waals surface area contributed by atoms with E-state index < -0.39 is 5.41 Å². The van der Waals surface area contributed by atoms with Crippen molar-refractivity contribution in [1.29, 1.82) is 0 Å². The van der Waals surface area contributed by atoms with Gasteiger partial charge in [-0.3, -0.25) is 0 Å². The first-order valence-electron chi connectivity index (χ1n) is 24.2. The first kappa shape index (κ1) is 40.4. The Morgan fingerprint density at radius 2 is 0.746 bits per heavy atom. The molecule has 2 aliphatic carbocycles. The molecule has 0 saturated heterocycles. The third-order valence-electron chi connectivity index (χ3n) is 15.0. The predicted octanol–water partition coefficient (Wildman–Crippen LogP) is 18.4. The van der Waals surface area contributed by atoms with Crippen LogP contribution in [0.25, 0.3) is 119 Å². The fourth-order valence-corrected chi connectivity index (χ4v) is 13.6. The van der Waals surface area contributed by atoms with Crippen molar-refractivity contribution in [2.75, 3.05) is 0 Å². The monoisotopic (exact) mass is 936 g/mol. The summed E-state index contributed by atoms with van der Waals surface area (Å²) in [7, 11) is 0. The van der Waals surface area contributed by atoms with Gasteiger partial charge in [0.2, 0.25) is 0 Å². The number of aromatic nitrogens is 2. The maximum Gasteiger partial charge on any atom is 0.124 e. The molecule has 0 fully saturated rings. The number of para-hydroxylation sites is 2. The van der Waals surface area contributed by atoms with Crippen molar-refractivity contribution in [2.45, 2.75) is 5.41 Å². The van der Waals surface area contributed by atoms with Crippen LogP contribution in [0, 0.1) is 0 Å². The van der Waals surface area contributed by atoms with Crippen LogP contribution in [0.2, 0.25) is 0 Å². The van der Waals surface area contributed by atoms with Crippen LogP contribution in [0.3, 0.4) is 0 Å². The number of thiazole rings is 2. The van der Waals surface area contributed by atoms with Gasteiger partial charge in [-0.2, -0.15) is 0 Å². The lowest BCUT2D eigenvalue weighted by molar-refractivity contribution is 0.795. The Balaban J connectivity index is 0.865. The van der Waals surface area contributed by atoms with Crippen LogP contribution >= 0.6 is 22.7 Å². The molecule has 0 atom stereocenters. The van der Waals surface area contributed by atoms with Gasteiger partial charge in [0.05, 0.1) is 25.8 Å². The van der Waals surface area contributed by atoms with E-state index in [-0.39, 0.29) is 0 Å². The van der Waals surface area contributed by atoms with Crippen molar-refractivity contribution in [2.24, 2.45) is 0 Å². The fraction of sp³-hybridized carbons (Fsp3) is 0.0149. The van der Waals surface area contributed by atoms with E-state index in [2.05, 4.69) is 243 Å². The van der Waals surface area contributed by atoms with Gasteiger partial charge in [-0.15, -0.1) is 22.7 Å². The second-order valence-corrected chi connectivity index (χ2v) is 20.9. The van der Waals surface area contributed by atoms with E-state index in [9.17, 15) is 0 Å². The lowest BCUT2D eigenvalue weighted by Crippen LogP contribution is -2.25. The molecule has 0 bridgehead atoms. The van der Waals surface area contributed by atoms with Crippen LogP contribution in [-0.4, -0.2) is 9.97 Å². The van der Waals surface area contributed by atoms with Gasteiger partial charge in [-0.25, -0.2) is 9.97 Å². The predicted molar refractivity (Wildman–Crippen MR) is 299 cm³/mol. The zero-order chi connectivity index (χ0) is 46.6. The molecule has 4 heteroatoms. The quantitative estimate of drug-likeness (QED) is 0.166. The molecule has 0 saturated carbocycles. The van der Waals surface area contributed by atoms with Gasteiger partial charge >= 0.3 is 0 Å². The Hall–Kier alpha value is -8.54. The Kier molecular flexibility index (Phi) is 8.95. The molecule has 1 spiro atoms. The highest BCUT2D eigenvalue weighted by Gasteiger charge is 2.52. The largest absolute Gasteiger partial charge is 0.236 e. The van der Waals surface area contributed by atoms with Crippen molar-refractivity contribution in [3.05, 3.63) is 265 Å². The molecule has 15 rings (SSSR count). The molecule has 13 aromatic rings. The molecule has 11 aromatic carbocycles. The van der Waals surface area contributed by atoms with Crippen LogP contribution in [0.5, 0.6) is 0 Å². The Bertz CT molecular complexity index is 4040. The summed E-state index contributed by atoms with van der Waals surface area (Å²) in [6.07, 6.45) is 0. The standard InChI is InChI=1S/C67H40N2S2/c1-2-15-52-43(12-1)33-35-58-64(52)55-34-32-48(40-59(55)67(58)56-18-5-3-16-53(56)54-17-4-6-19-57(54)67)46-13-11-14-47(36-46)51-38-49(41-24-28-44(29-25-41)65-68-60-20-7-9-22-62(60)70-65)37-50(39-51)42-26-30-45(31-27-42)66-69-61-21-8-10-23-63(61)71-66/h1-40H. The van der Waals surface area contributed by atoms with E-state index in [0.29, 0.717) is 0 Å². The molecule has 2 aliphatic rings. The summed E-state index contributed by atoms with van der Waals surface area (Å²) in [4.78, 5) is 9.93. The number of hydrogen-bond donors (Lipinski definition) is 0. The lowest BCUT2D eigenvalue weighted by atomic mass is 9.70. The highest BCUT2D eigenvalue weighted by molar-refractivity contribution is 7.22. The van der Waals surface area contributed by atoms with Gasteiger partial charge in [0.25, 0.3) is 0 Å². The summed E-state index contributed by atoms with van der Waals surface area (Å²) in [6, 6.07) is 89.8. The number of hydrogen-bond acceptors (Lipinski definition) is 4. The maximum absolute atomic E-state index is 4.96. The smallest absolute Gasteiger partial charge is 0.124 e. The highest BCUT2D eigenvalue weighted by Crippen LogP contribution is 2.64. The van der Waals surface area contributed by atoms with Crippen molar-refractivity contribution < 1.29 is 0 Å². The average Bonchev–Trinajstić information content (AvgIpc) is 4.22. The van der Waals surface area contributed by atoms with Gasteiger partial charge in [0.15, 0.2) is 0 Å². The summed E-state index contributed by atoms with van der Waals surface area (Å²) in [6.45, 7) is 0. The SMILES string of the molecule is c1cc(-c2cc(-c3ccc(-c4nc5ccccc5s4)cc3)cc(-c3ccc(-c4nc5ccccc5s4)cc3)c2)cc(-c2ccc3c(c2)C2(c4ccccc4-c4ccccc42)c2ccc4ccccc4c2-3)c1. The molecule has 0 amide bonds. The van der Waals surface area contributed by atoms with Gasteiger partial charge in [0, 0.05) is 11.1 Å². The van der Waals surface area contributed by atoms with Crippen molar-refractivity contribution in [3.63, 3.8) is 0 Å². The summed E-state index contributed by atoms with van der Waals surface area (Å²) >= 11 is 3.48. The molecule has 330 valence electrons. The fourth-order valence-electron chi connectivity index (χ4n) is 11.7. The minimum absolute atomic E-state index is 0.441. The van der Waals surface area contributed by atoms with Crippen LogP contribution in [-0.2, 0) is 5.41 Å². The number of rotatable bonds is 6. The van der Waals surface area contributed by atoms with E-state index in [0.717, 1.165) is 54.4 Å². The number of fused-ring (bicyclic) bond motifs is 14. The van der Waals surface area contributed by atoms with Crippen LogP contribution in [0.4, 0.5) is 0 Å². The molecule has 71 heavy (non-hydrogen) atoms. The Morgan fingerprint density at radius 3 is 1.35 bits per heavy atom.